The minimum atomic E-state index is -3.74. The van der Waals surface area contributed by atoms with Crippen LogP contribution >= 0.6 is 0 Å². The summed E-state index contributed by atoms with van der Waals surface area (Å²) in [5, 5.41) is 2.76. The van der Waals surface area contributed by atoms with Crippen LogP contribution in [0, 0.1) is 0 Å². The number of amides is 1. The first-order valence-electron chi connectivity index (χ1n) is 11.4. The van der Waals surface area contributed by atoms with E-state index in [1.165, 1.54) is 33.2 Å². The zero-order valence-electron chi connectivity index (χ0n) is 20.4. The van der Waals surface area contributed by atoms with Crippen LogP contribution in [-0.4, -0.2) is 57.9 Å². The van der Waals surface area contributed by atoms with Gasteiger partial charge in [0.2, 0.25) is 10.0 Å². The van der Waals surface area contributed by atoms with Crippen LogP contribution in [0.3, 0.4) is 0 Å². The highest BCUT2D eigenvalue weighted by Gasteiger charge is 2.27. The number of nitrogens with one attached hydrogen (secondary N) is 1. The summed E-state index contributed by atoms with van der Waals surface area (Å²) in [5.74, 6) is -0.831. The number of carbonyl (C=O) groups is 2. The number of benzene rings is 2. The molecule has 1 N–H and O–H groups in total. The van der Waals surface area contributed by atoms with Crippen molar-refractivity contribution in [1.82, 2.24) is 4.31 Å². The van der Waals surface area contributed by atoms with E-state index in [1.54, 1.807) is 6.07 Å². The Morgan fingerprint density at radius 1 is 1.00 bits per heavy atom. The lowest BCUT2D eigenvalue weighted by Gasteiger charge is -2.23. The van der Waals surface area contributed by atoms with Crippen molar-refractivity contribution in [2.45, 2.75) is 50.5 Å². The molecule has 9 heteroatoms. The number of nitrogens with zero attached hydrogens (tertiary/aromatic N) is 2. The van der Waals surface area contributed by atoms with Gasteiger partial charge in [-0.2, -0.15) is 0 Å². The van der Waals surface area contributed by atoms with Crippen molar-refractivity contribution < 1.29 is 22.7 Å². The van der Waals surface area contributed by atoms with Crippen molar-refractivity contribution in [3.8, 4) is 0 Å². The van der Waals surface area contributed by atoms with Gasteiger partial charge in [0.15, 0.2) is 6.10 Å². The second-order valence-corrected chi connectivity index (χ2v) is 11.1. The van der Waals surface area contributed by atoms with Gasteiger partial charge in [-0.15, -0.1) is 0 Å². The second kappa shape index (κ2) is 10.6. The fourth-order valence-corrected chi connectivity index (χ4v) is 4.68. The zero-order valence-corrected chi connectivity index (χ0v) is 21.2. The van der Waals surface area contributed by atoms with Gasteiger partial charge in [0, 0.05) is 32.9 Å². The summed E-state index contributed by atoms with van der Waals surface area (Å²) >= 11 is 0. The van der Waals surface area contributed by atoms with Crippen LogP contribution in [0.15, 0.2) is 47.4 Å². The highest BCUT2D eigenvalue weighted by atomic mass is 32.2. The molecule has 1 saturated heterocycles. The van der Waals surface area contributed by atoms with Crippen molar-refractivity contribution in [1.29, 1.82) is 0 Å². The maximum absolute atomic E-state index is 13.1. The first-order valence-corrected chi connectivity index (χ1v) is 12.9. The maximum Gasteiger partial charge on any atom is 0.341 e. The molecule has 0 aliphatic carbocycles. The summed E-state index contributed by atoms with van der Waals surface area (Å²) in [5.41, 5.74) is 2.50. The SMILES string of the molecule is CC(OC(=O)c1cc(S(=O)(=O)N(C)C)ccc1N1CCCC1)C(=O)Nc1ccc(C(C)C)cc1. The van der Waals surface area contributed by atoms with Crippen molar-refractivity contribution in [2.75, 3.05) is 37.4 Å². The largest absolute Gasteiger partial charge is 0.449 e. The molecule has 0 spiro atoms. The van der Waals surface area contributed by atoms with Crippen LogP contribution in [0.4, 0.5) is 11.4 Å². The van der Waals surface area contributed by atoms with E-state index in [-0.39, 0.29) is 10.5 Å². The Bertz CT molecular complexity index is 1140. The molecule has 1 aliphatic rings. The molecule has 184 valence electrons. The van der Waals surface area contributed by atoms with Crippen molar-refractivity contribution >= 4 is 33.3 Å². The molecule has 2 aromatic rings. The topological polar surface area (TPSA) is 96.0 Å². The number of anilines is 2. The normalized spacial score (nSPS) is 15.0. The Morgan fingerprint density at radius 2 is 1.62 bits per heavy atom. The molecule has 0 bridgehead atoms. The predicted molar refractivity (Wildman–Crippen MR) is 133 cm³/mol. The van der Waals surface area contributed by atoms with Crippen molar-refractivity contribution in [3.05, 3.63) is 53.6 Å². The summed E-state index contributed by atoms with van der Waals surface area (Å²) < 4.78 is 31.8. The van der Waals surface area contributed by atoms with E-state index < -0.39 is 28.0 Å². The molecule has 3 rings (SSSR count). The van der Waals surface area contributed by atoms with Gasteiger partial charge in [0.25, 0.3) is 5.91 Å². The molecule has 1 atom stereocenters. The van der Waals surface area contributed by atoms with Crippen LogP contribution < -0.4 is 10.2 Å². The summed E-state index contributed by atoms with van der Waals surface area (Å²) in [6, 6.07) is 12.0. The van der Waals surface area contributed by atoms with Gasteiger partial charge < -0.3 is 15.0 Å². The second-order valence-electron chi connectivity index (χ2n) is 8.97. The molecular formula is C25H33N3O5S. The van der Waals surface area contributed by atoms with Crippen LogP contribution in [0.2, 0.25) is 0 Å². The molecule has 1 unspecified atom stereocenters. The van der Waals surface area contributed by atoms with Gasteiger partial charge in [-0.3, -0.25) is 4.79 Å². The summed E-state index contributed by atoms with van der Waals surface area (Å²) in [6.07, 6.45) is 0.902. The van der Waals surface area contributed by atoms with E-state index in [0.717, 1.165) is 35.8 Å². The predicted octanol–water partition coefficient (Wildman–Crippen LogP) is 3.84. The monoisotopic (exact) mass is 487 g/mol. The first-order chi connectivity index (χ1) is 16.0. The quantitative estimate of drug-likeness (QED) is 0.569. The summed E-state index contributed by atoms with van der Waals surface area (Å²) in [7, 11) is -0.876. The fourth-order valence-electron chi connectivity index (χ4n) is 3.76. The Balaban J connectivity index is 1.80. The van der Waals surface area contributed by atoms with Crippen molar-refractivity contribution in [2.24, 2.45) is 0 Å². The number of ether oxygens (including phenoxy) is 1. The number of sulfonamides is 1. The molecule has 1 amide bonds. The third-order valence-electron chi connectivity index (χ3n) is 5.91. The number of hydrogen-bond acceptors (Lipinski definition) is 6. The molecule has 2 aromatic carbocycles. The summed E-state index contributed by atoms with van der Waals surface area (Å²) in [4.78, 5) is 27.8. The molecule has 1 heterocycles. The van der Waals surface area contributed by atoms with E-state index in [4.69, 9.17) is 4.74 Å². The molecule has 0 aromatic heterocycles. The van der Waals surface area contributed by atoms with E-state index in [1.807, 2.05) is 29.2 Å². The molecule has 8 nitrogen and oxygen atoms in total. The maximum atomic E-state index is 13.1. The smallest absolute Gasteiger partial charge is 0.341 e. The van der Waals surface area contributed by atoms with Crippen LogP contribution in [-0.2, 0) is 19.6 Å². The van der Waals surface area contributed by atoms with E-state index in [2.05, 4.69) is 19.2 Å². The average Bonchev–Trinajstić information content (AvgIpc) is 3.33. The molecule has 0 saturated carbocycles. The molecular weight excluding hydrogens is 454 g/mol. The average molecular weight is 488 g/mol. The Labute approximate surface area is 201 Å². The zero-order chi connectivity index (χ0) is 25.0. The molecule has 1 fully saturated rings. The Hall–Kier alpha value is -2.91. The van der Waals surface area contributed by atoms with Gasteiger partial charge in [0.1, 0.15) is 0 Å². The lowest BCUT2D eigenvalue weighted by atomic mass is 10.0. The van der Waals surface area contributed by atoms with Gasteiger partial charge in [-0.1, -0.05) is 26.0 Å². The standard InChI is InChI=1S/C25H33N3O5S/c1-17(2)19-8-10-20(11-9-19)26-24(29)18(3)33-25(30)22-16-21(34(31,32)27(4)5)12-13-23(22)28-14-6-7-15-28/h8-13,16-18H,6-7,14-15H2,1-5H3,(H,26,29). The minimum absolute atomic E-state index is 0.00487. The number of esters is 1. The van der Waals surface area contributed by atoms with Crippen LogP contribution in [0.25, 0.3) is 0 Å². The first kappa shape index (κ1) is 25.7. The highest BCUT2D eigenvalue weighted by Crippen LogP contribution is 2.29. The molecule has 0 radical (unpaired) electrons. The number of hydrogen-bond donors (Lipinski definition) is 1. The van der Waals surface area contributed by atoms with Gasteiger partial charge >= 0.3 is 5.97 Å². The third kappa shape index (κ3) is 5.77. The minimum Gasteiger partial charge on any atom is -0.449 e. The van der Waals surface area contributed by atoms with Gasteiger partial charge in [-0.05, 0) is 61.6 Å². The lowest BCUT2D eigenvalue weighted by molar-refractivity contribution is -0.123. The Kier molecular flexibility index (Phi) is 7.99. The lowest BCUT2D eigenvalue weighted by Crippen LogP contribution is -2.31. The number of carbonyl (C=O) groups excluding carboxylic acids is 2. The van der Waals surface area contributed by atoms with Crippen LogP contribution in [0.5, 0.6) is 0 Å². The summed E-state index contributed by atoms with van der Waals surface area (Å²) in [6.45, 7) is 7.20. The van der Waals surface area contributed by atoms with Crippen molar-refractivity contribution in [3.63, 3.8) is 0 Å². The number of rotatable bonds is 8. The van der Waals surface area contributed by atoms with Crippen LogP contribution in [0.1, 0.15) is 55.5 Å². The van der Waals surface area contributed by atoms with E-state index >= 15 is 0 Å². The fraction of sp³-hybridized carbons (Fsp3) is 0.440. The molecule has 34 heavy (non-hydrogen) atoms. The highest BCUT2D eigenvalue weighted by molar-refractivity contribution is 7.89. The van der Waals surface area contributed by atoms with E-state index in [0.29, 0.717) is 17.3 Å². The molecule has 1 aliphatic heterocycles. The Morgan fingerprint density at radius 3 is 2.18 bits per heavy atom. The van der Waals surface area contributed by atoms with E-state index in [9.17, 15) is 18.0 Å². The third-order valence-corrected chi connectivity index (χ3v) is 7.72. The van der Waals surface area contributed by atoms with Gasteiger partial charge in [-0.25, -0.2) is 17.5 Å². The van der Waals surface area contributed by atoms with Gasteiger partial charge in [0.05, 0.1) is 16.1 Å².